The van der Waals surface area contributed by atoms with Gasteiger partial charge in [0, 0.05) is 13.6 Å². The summed E-state index contributed by atoms with van der Waals surface area (Å²) in [6, 6.07) is 3.54. The summed E-state index contributed by atoms with van der Waals surface area (Å²) in [5.41, 5.74) is 7.07. The Bertz CT molecular complexity index is 378. The monoisotopic (exact) mass is 222 g/mol. The molecular weight excluding hydrogens is 204 g/mol. The first-order chi connectivity index (χ1) is 7.54. The van der Waals surface area contributed by atoms with Gasteiger partial charge in [0.15, 0.2) is 0 Å². The molecule has 1 aromatic rings. The molecule has 0 fully saturated rings. The Morgan fingerprint density at radius 3 is 2.81 bits per heavy atom. The van der Waals surface area contributed by atoms with E-state index in [1.807, 2.05) is 13.8 Å². The minimum atomic E-state index is 0.0405. The Labute approximate surface area is 95.7 Å². The molecule has 16 heavy (non-hydrogen) atoms. The average molecular weight is 222 g/mol. The number of nitrogens with zero attached hydrogens (tertiary/aromatic N) is 2. The van der Waals surface area contributed by atoms with Crippen molar-refractivity contribution in [3.63, 3.8) is 0 Å². The zero-order valence-corrected chi connectivity index (χ0v) is 9.95. The Morgan fingerprint density at radius 1 is 1.56 bits per heavy atom. The first-order valence-corrected chi connectivity index (χ1v) is 5.25. The van der Waals surface area contributed by atoms with Crippen molar-refractivity contribution in [1.82, 2.24) is 9.88 Å². The number of carbonyl (C=O) groups is 1. The molecule has 0 aliphatic rings. The van der Waals surface area contributed by atoms with Crippen LogP contribution >= 0.6 is 0 Å². The molecule has 1 amide bonds. The van der Waals surface area contributed by atoms with Gasteiger partial charge < -0.3 is 16.0 Å². The maximum atomic E-state index is 11.5. The van der Waals surface area contributed by atoms with Gasteiger partial charge >= 0.3 is 0 Å². The molecule has 0 spiro atoms. The minimum Gasteiger partial charge on any atom is -0.397 e. The van der Waals surface area contributed by atoms with Gasteiger partial charge in [0.1, 0.15) is 5.82 Å². The van der Waals surface area contributed by atoms with Crippen molar-refractivity contribution in [2.45, 2.75) is 13.8 Å². The number of amides is 1. The number of hydrogen-bond donors (Lipinski definition) is 2. The number of rotatable bonds is 4. The molecule has 1 rings (SSSR count). The van der Waals surface area contributed by atoms with E-state index in [0.717, 1.165) is 5.69 Å². The topological polar surface area (TPSA) is 71.2 Å². The molecule has 1 heterocycles. The highest BCUT2D eigenvalue weighted by Gasteiger charge is 2.06. The van der Waals surface area contributed by atoms with E-state index in [4.69, 9.17) is 5.73 Å². The van der Waals surface area contributed by atoms with Gasteiger partial charge in [-0.15, -0.1) is 0 Å². The highest BCUT2D eigenvalue weighted by Crippen LogP contribution is 2.11. The van der Waals surface area contributed by atoms with Crippen LogP contribution in [0.4, 0.5) is 11.5 Å². The van der Waals surface area contributed by atoms with Gasteiger partial charge in [-0.25, -0.2) is 4.98 Å². The Morgan fingerprint density at radius 2 is 2.25 bits per heavy atom. The highest BCUT2D eigenvalue weighted by molar-refractivity contribution is 5.80. The second-order valence-corrected chi connectivity index (χ2v) is 3.63. The zero-order chi connectivity index (χ0) is 12.1. The molecule has 0 atom stereocenters. The fourth-order valence-corrected chi connectivity index (χ4v) is 1.15. The van der Waals surface area contributed by atoms with Crippen LogP contribution in [0.15, 0.2) is 12.1 Å². The number of aromatic nitrogens is 1. The summed E-state index contributed by atoms with van der Waals surface area (Å²) in [4.78, 5) is 17.4. The molecule has 0 aliphatic carbocycles. The number of aryl methyl sites for hydroxylation is 1. The Balaban J connectivity index is 2.55. The molecule has 3 N–H and O–H groups in total. The normalized spacial score (nSPS) is 9.94. The third-order valence-electron chi connectivity index (χ3n) is 2.45. The quantitative estimate of drug-likeness (QED) is 0.792. The number of nitrogen functional groups attached to an aromatic ring is 1. The molecule has 0 aliphatic heterocycles. The zero-order valence-electron chi connectivity index (χ0n) is 9.95. The van der Waals surface area contributed by atoms with Crippen LogP contribution in [0, 0.1) is 6.92 Å². The van der Waals surface area contributed by atoms with Crippen LogP contribution in [0.25, 0.3) is 0 Å². The molecule has 88 valence electrons. The van der Waals surface area contributed by atoms with E-state index in [9.17, 15) is 4.79 Å². The van der Waals surface area contributed by atoms with Gasteiger partial charge in [-0.2, -0.15) is 0 Å². The molecule has 0 unspecified atom stereocenters. The number of anilines is 2. The number of likely N-dealkylation sites (N-methyl/N-ethyl adjacent to an activating group) is 1. The number of hydrogen-bond acceptors (Lipinski definition) is 4. The van der Waals surface area contributed by atoms with Crippen LogP contribution in [-0.2, 0) is 4.79 Å². The fraction of sp³-hybridized carbons (Fsp3) is 0.455. The Hall–Kier alpha value is -1.78. The fourth-order valence-electron chi connectivity index (χ4n) is 1.15. The van der Waals surface area contributed by atoms with E-state index < -0.39 is 0 Å². The van der Waals surface area contributed by atoms with Gasteiger partial charge in [-0.05, 0) is 26.0 Å². The number of carbonyl (C=O) groups excluding carboxylic acids is 1. The molecule has 1 aromatic heterocycles. The van der Waals surface area contributed by atoms with Crippen LogP contribution in [0.2, 0.25) is 0 Å². The lowest BCUT2D eigenvalue weighted by Gasteiger charge is -2.15. The second kappa shape index (κ2) is 5.34. The summed E-state index contributed by atoms with van der Waals surface area (Å²) in [5.74, 6) is 0.711. The average Bonchev–Trinajstić information content (AvgIpc) is 2.29. The first-order valence-electron chi connectivity index (χ1n) is 5.25. The number of pyridine rings is 1. The van der Waals surface area contributed by atoms with Gasteiger partial charge in [0.2, 0.25) is 5.91 Å². The predicted octanol–water partition coefficient (Wildman–Crippen LogP) is 0.862. The van der Waals surface area contributed by atoms with Crippen molar-refractivity contribution in [2.24, 2.45) is 0 Å². The standard InChI is InChI=1S/C11H18N4O/c1-4-15(3)11(16)7-13-10-6-5-9(12)8(2)14-10/h5-6H,4,7,12H2,1-3H3,(H,13,14). The lowest BCUT2D eigenvalue weighted by Crippen LogP contribution is -2.32. The summed E-state index contributed by atoms with van der Waals surface area (Å²) in [7, 11) is 1.77. The van der Waals surface area contributed by atoms with E-state index in [1.54, 1.807) is 24.1 Å². The largest absolute Gasteiger partial charge is 0.397 e. The van der Waals surface area contributed by atoms with E-state index in [1.165, 1.54) is 0 Å². The van der Waals surface area contributed by atoms with Crippen LogP contribution in [0.1, 0.15) is 12.6 Å². The number of nitrogens with one attached hydrogen (secondary N) is 1. The summed E-state index contributed by atoms with van der Waals surface area (Å²) in [6.07, 6.45) is 0. The van der Waals surface area contributed by atoms with Crippen molar-refractivity contribution >= 4 is 17.4 Å². The number of nitrogens with two attached hydrogens (primary N) is 1. The van der Waals surface area contributed by atoms with Gasteiger partial charge in [-0.3, -0.25) is 4.79 Å². The summed E-state index contributed by atoms with van der Waals surface area (Å²) in [5, 5.41) is 2.97. The molecular formula is C11H18N4O. The van der Waals surface area contributed by atoms with E-state index >= 15 is 0 Å². The molecule has 5 nitrogen and oxygen atoms in total. The van der Waals surface area contributed by atoms with Gasteiger partial charge in [-0.1, -0.05) is 0 Å². The third kappa shape index (κ3) is 3.12. The third-order valence-corrected chi connectivity index (χ3v) is 2.45. The van der Waals surface area contributed by atoms with E-state index in [-0.39, 0.29) is 12.5 Å². The summed E-state index contributed by atoms with van der Waals surface area (Å²) >= 11 is 0. The molecule has 5 heteroatoms. The van der Waals surface area contributed by atoms with Crippen LogP contribution < -0.4 is 11.1 Å². The van der Waals surface area contributed by atoms with E-state index in [2.05, 4.69) is 10.3 Å². The van der Waals surface area contributed by atoms with Crippen molar-refractivity contribution in [3.8, 4) is 0 Å². The van der Waals surface area contributed by atoms with Gasteiger partial charge in [0.25, 0.3) is 0 Å². The van der Waals surface area contributed by atoms with Crippen LogP contribution in [-0.4, -0.2) is 35.9 Å². The summed E-state index contributed by atoms with van der Waals surface area (Å²) < 4.78 is 0. The smallest absolute Gasteiger partial charge is 0.241 e. The summed E-state index contributed by atoms with van der Waals surface area (Å²) in [6.45, 7) is 4.72. The van der Waals surface area contributed by atoms with Crippen LogP contribution in [0.3, 0.4) is 0 Å². The second-order valence-electron chi connectivity index (χ2n) is 3.63. The van der Waals surface area contributed by atoms with Crippen molar-refractivity contribution < 1.29 is 4.79 Å². The van der Waals surface area contributed by atoms with Gasteiger partial charge in [0.05, 0.1) is 17.9 Å². The maximum Gasteiger partial charge on any atom is 0.241 e. The Kier molecular flexibility index (Phi) is 4.10. The molecule has 0 saturated heterocycles. The van der Waals surface area contributed by atoms with Crippen molar-refractivity contribution in [1.29, 1.82) is 0 Å². The maximum absolute atomic E-state index is 11.5. The lowest BCUT2D eigenvalue weighted by molar-refractivity contribution is -0.127. The van der Waals surface area contributed by atoms with Crippen molar-refractivity contribution in [3.05, 3.63) is 17.8 Å². The molecule has 0 aromatic carbocycles. The first kappa shape index (κ1) is 12.3. The highest BCUT2D eigenvalue weighted by atomic mass is 16.2. The van der Waals surface area contributed by atoms with Crippen LogP contribution in [0.5, 0.6) is 0 Å². The predicted molar refractivity (Wildman–Crippen MR) is 65.2 cm³/mol. The molecule has 0 radical (unpaired) electrons. The minimum absolute atomic E-state index is 0.0405. The molecule has 0 saturated carbocycles. The SMILES string of the molecule is CCN(C)C(=O)CNc1ccc(N)c(C)n1. The lowest BCUT2D eigenvalue weighted by atomic mass is 10.3. The molecule has 0 bridgehead atoms. The van der Waals surface area contributed by atoms with Crippen molar-refractivity contribution in [2.75, 3.05) is 31.2 Å². The van der Waals surface area contributed by atoms with E-state index in [0.29, 0.717) is 18.1 Å².